The van der Waals surface area contributed by atoms with Crippen LogP contribution in [0.25, 0.3) is 0 Å². The fourth-order valence-corrected chi connectivity index (χ4v) is 2.26. The standard InChI is InChI=1S/C13H17NO4.C8H8O3.C5H11NO2/c1-3-17-12(15)10(2)14-13(16)18-9-11-7-5-4-6-8-11;9-8(10)11-6-7-4-2-1-3-5-7;1-3-8-5(7)4(2)6/h4-8,10H,3,9H2,1-2H3,(H,14,16);1-5H,6H2,(H,9,10);4H,3,6H2,1-2H3. The first kappa shape index (κ1) is 32.9. The molecular weight excluding hydrogens is 484 g/mol. The first-order valence-corrected chi connectivity index (χ1v) is 11.6. The largest absolute Gasteiger partial charge is 0.506 e. The number of alkyl carbamates (subject to hydrolysis) is 1. The van der Waals surface area contributed by atoms with Gasteiger partial charge in [-0.3, -0.25) is 4.79 Å². The van der Waals surface area contributed by atoms with Gasteiger partial charge >= 0.3 is 24.2 Å². The van der Waals surface area contributed by atoms with Gasteiger partial charge in [-0.2, -0.15) is 0 Å². The maximum atomic E-state index is 11.4. The van der Waals surface area contributed by atoms with Gasteiger partial charge in [0, 0.05) is 0 Å². The Hall–Kier alpha value is -4.12. The number of benzene rings is 2. The Morgan fingerprint density at radius 2 is 1.19 bits per heavy atom. The Labute approximate surface area is 216 Å². The minimum atomic E-state index is -1.24. The van der Waals surface area contributed by atoms with Crippen LogP contribution in [0.1, 0.15) is 38.8 Å². The topological polar surface area (TPSA) is 163 Å². The number of nitrogens with two attached hydrogens (primary N) is 1. The zero-order chi connectivity index (χ0) is 28.1. The predicted molar refractivity (Wildman–Crippen MR) is 135 cm³/mol. The molecule has 11 heteroatoms. The van der Waals surface area contributed by atoms with Crippen molar-refractivity contribution in [2.75, 3.05) is 13.2 Å². The highest BCUT2D eigenvalue weighted by molar-refractivity contribution is 5.80. The lowest BCUT2D eigenvalue weighted by Crippen LogP contribution is -2.39. The summed E-state index contributed by atoms with van der Waals surface area (Å²) in [5, 5.41) is 10.6. The van der Waals surface area contributed by atoms with Crippen LogP contribution in [0, 0.1) is 0 Å². The first-order chi connectivity index (χ1) is 17.6. The maximum Gasteiger partial charge on any atom is 0.506 e. The molecule has 0 bridgehead atoms. The number of carbonyl (C=O) groups is 4. The van der Waals surface area contributed by atoms with Crippen LogP contribution in [0.3, 0.4) is 0 Å². The fourth-order valence-electron chi connectivity index (χ4n) is 2.26. The van der Waals surface area contributed by atoms with Crippen molar-refractivity contribution in [1.82, 2.24) is 5.32 Å². The number of carbonyl (C=O) groups excluding carboxylic acids is 3. The van der Waals surface area contributed by atoms with Crippen LogP contribution in [-0.2, 0) is 41.8 Å². The molecule has 2 aromatic carbocycles. The molecule has 0 saturated heterocycles. The Morgan fingerprint density at radius 1 is 0.757 bits per heavy atom. The predicted octanol–water partition coefficient (Wildman–Crippen LogP) is 3.64. The second kappa shape index (κ2) is 20.1. The van der Waals surface area contributed by atoms with E-state index in [1.165, 1.54) is 0 Å². The number of rotatable bonds is 9. The molecule has 0 fully saturated rings. The lowest BCUT2D eigenvalue weighted by molar-refractivity contribution is -0.145. The Bertz CT molecular complexity index is 922. The lowest BCUT2D eigenvalue weighted by Gasteiger charge is -2.12. The van der Waals surface area contributed by atoms with Crippen molar-refractivity contribution < 1.29 is 43.2 Å². The molecule has 0 aliphatic rings. The highest BCUT2D eigenvalue weighted by Gasteiger charge is 2.17. The van der Waals surface area contributed by atoms with Crippen molar-refractivity contribution in [3.8, 4) is 0 Å². The van der Waals surface area contributed by atoms with E-state index in [1.807, 2.05) is 60.7 Å². The number of hydrogen-bond donors (Lipinski definition) is 3. The van der Waals surface area contributed by atoms with Gasteiger partial charge in [0.05, 0.1) is 13.2 Å². The van der Waals surface area contributed by atoms with Crippen LogP contribution < -0.4 is 11.1 Å². The quantitative estimate of drug-likeness (QED) is 0.328. The molecule has 0 saturated carbocycles. The third kappa shape index (κ3) is 17.9. The van der Waals surface area contributed by atoms with Crippen LogP contribution in [0.5, 0.6) is 0 Å². The molecule has 11 nitrogen and oxygen atoms in total. The van der Waals surface area contributed by atoms with E-state index in [0.717, 1.165) is 11.1 Å². The van der Waals surface area contributed by atoms with Crippen molar-refractivity contribution in [1.29, 1.82) is 0 Å². The Kier molecular flexibility index (Phi) is 17.9. The van der Waals surface area contributed by atoms with Gasteiger partial charge in [0.2, 0.25) is 0 Å². The normalized spacial score (nSPS) is 11.1. The summed E-state index contributed by atoms with van der Waals surface area (Å²) in [7, 11) is 0. The Balaban J connectivity index is 0.000000580. The SMILES string of the molecule is CCOC(=O)C(C)N.CCOC(=O)C(C)NC(=O)OCc1ccccc1.O=C(O)OCc1ccccc1. The van der Waals surface area contributed by atoms with E-state index >= 15 is 0 Å². The summed E-state index contributed by atoms with van der Waals surface area (Å²) in [5.74, 6) is -0.818. The molecule has 2 aromatic rings. The monoisotopic (exact) mass is 520 g/mol. The van der Waals surface area contributed by atoms with Crippen molar-refractivity contribution in [2.24, 2.45) is 5.73 Å². The van der Waals surface area contributed by atoms with E-state index in [2.05, 4.69) is 14.8 Å². The van der Waals surface area contributed by atoms with Gasteiger partial charge in [-0.15, -0.1) is 0 Å². The molecule has 0 radical (unpaired) electrons. The van der Waals surface area contributed by atoms with Gasteiger partial charge in [-0.25, -0.2) is 14.4 Å². The number of esters is 2. The lowest BCUT2D eigenvalue weighted by atomic mass is 10.2. The number of nitrogens with one attached hydrogen (secondary N) is 1. The van der Waals surface area contributed by atoms with Crippen molar-refractivity contribution >= 4 is 24.2 Å². The van der Waals surface area contributed by atoms with E-state index < -0.39 is 30.3 Å². The average Bonchev–Trinajstić information content (AvgIpc) is 2.88. The molecule has 0 aliphatic heterocycles. The zero-order valence-electron chi connectivity index (χ0n) is 21.5. The molecule has 37 heavy (non-hydrogen) atoms. The molecule has 0 heterocycles. The van der Waals surface area contributed by atoms with Gasteiger partial charge < -0.3 is 35.1 Å². The summed E-state index contributed by atoms with van der Waals surface area (Å²) in [5.41, 5.74) is 6.89. The minimum absolute atomic E-state index is 0.121. The summed E-state index contributed by atoms with van der Waals surface area (Å²) in [4.78, 5) is 43.0. The van der Waals surface area contributed by atoms with Gasteiger partial charge in [0.25, 0.3) is 0 Å². The molecular formula is C26H36N2O9. The van der Waals surface area contributed by atoms with Crippen LogP contribution in [0.2, 0.25) is 0 Å². The number of ether oxygens (including phenoxy) is 4. The van der Waals surface area contributed by atoms with Gasteiger partial charge in [-0.1, -0.05) is 60.7 Å². The molecule has 2 unspecified atom stereocenters. The minimum Gasteiger partial charge on any atom is -0.465 e. The van der Waals surface area contributed by atoms with E-state index in [1.54, 1.807) is 27.7 Å². The van der Waals surface area contributed by atoms with Crippen molar-refractivity contribution in [2.45, 2.75) is 53.0 Å². The summed E-state index contributed by atoms with van der Waals surface area (Å²) in [6.45, 7) is 7.57. The molecule has 2 rings (SSSR count). The smallest absolute Gasteiger partial charge is 0.465 e. The van der Waals surface area contributed by atoms with Crippen molar-refractivity contribution in [3.63, 3.8) is 0 Å². The number of amides is 1. The summed E-state index contributed by atoms with van der Waals surface area (Å²) in [6, 6.07) is 17.2. The molecule has 0 spiro atoms. The molecule has 2 atom stereocenters. The van der Waals surface area contributed by atoms with Crippen molar-refractivity contribution in [3.05, 3.63) is 71.8 Å². The Morgan fingerprint density at radius 3 is 1.57 bits per heavy atom. The summed E-state index contributed by atoms with van der Waals surface area (Å²) in [6.07, 6.45) is -1.88. The van der Waals surface area contributed by atoms with Gasteiger partial charge in [0.15, 0.2) is 0 Å². The molecule has 204 valence electrons. The third-order valence-electron chi connectivity index (χ3n) is 4.05. The van der Waals surface area contributed by atoms with E-state index in [9.17, 15) is 19.2 Å². The van der Waals surface area contributed by atoms with Gasteiger partial charge in [-0.05, 0) is 38.8 Å². The van der Waals surface area contributed by atoms with Crippen LogP contribution in [-0.4, -0.2) is 54.6 Å². The number of carboxylic acid groups (broad SMARTS) is 1. The summed E-state index contributed by atoms with van der Waals surface area (Å²) < 4.78 is 18.6. The second-order valence-corrected chi connectivity index (χ2v) is 7.26. The summed E-state index contributed by atoms with van der Waals surface area (Å²) >= 11 is 0. The highest BCUT2D eigenvalue weighted by atomic mass is 16.7. The van der Waals surface area contributed by atoms with Gasteiger partial charge in [0.1, 0.15) is 25.3 Å². The zero-order valence-corrected chi connectivity index (χ0v) is 21.5. The molecule has 0 aromatic heterocycles. The van der Waals surface area contributed by atoms with Crippen LogP contribution >= 0.6 is 0 Å². The van der Waals surface area contributed by atoms with E-state index in [0.29, 0.717) is 6.61 Å². The number of hydrogen-bond acceptors (Lipinski definition) is 9. The van der Waals surface area contributed by atoms with Crippen LogP contribution in [0.15, 0.2) is 60.7 Å². The molecule has 1 amide bonds. The molecule has 4 N–H and O–H groups in total. The molecule has 0 aliphatic carbocycles. The first-order valence-electron chi connectivity index (χ1n) is 11.6. The van der Waals surface area contributed by atoms with E-state index in [-0.39, 0.29) is 25.8 Å². The third-order valence-corrected chi connectivity index (χ3v) is 4.05. The van der Waals surface area contributed by atoms with Crippen LogP contribution in [0.4, 0.5) is 9.59 Å². The fraction of sp³-hybridized carbons (Fsp3) is 0.385. The average molecular weight is 521 g/mol. The highest BCUT2D eigenvalue weighted by Crippen LogP contribution is 2.01. The maximum absolute atomic E-state index is 11.4. The van der Waals surface area contributed by atoms with E-state index in [4.69, 9.17) is 20.3 Å². The second-order valence-electron chi connectivity index (χ2n) is 7.26.